The summed E-state index contributed by atoms with van der Waals surface area (Å²) in [6, 6.07) is 6.60. The molecule has 0 aliphatic carbocycles. The van der Waals surface area contributed by atoms with Gasteiger partial charge in [0.2, 0.25) is 5.91 Å². The molecule has 1 heterocycles. The molecule has 1 aliphatic heterocycles. The number of carbonyl (C=O) groups is 1. The summed E-state index contributed by atoms with van der Waals surface area (Å²) in [4.78, 5) is 11.8. The number of rotatable bonds is 5. The van der Waals surface area contributed by atoms with Crippen molar-refractivity contribution < 1.29 is 9.53 Å². The van der Waals surface area contributed by atoms with E-state index in [0.717, 1.165) is 19.6 Å². The monoisotopic (exact) mass is 312 g/mol. The van der Waals surface area contributed by atoms with Crippen LogP contribution in [0, 0.1) is 13.8 Å². The molecule has 118 valence electrons. The van der Waals surface area contributed by atoms with Gasteiger partial charge in [-0.3, -0.25) is 4.79 Å². The lowest BCUT2D eigenvalue weighted by Gasteiger charge is -2.23. The van der Waals surface area contributed by atoms with Gasteiger partial charge in [0.1, 0.15) is 0 Å². The first-order valence-corrected chi connectivity index (χ1v) is 7.29. The highest BCUT2D eigenvalue weighted by Crippen LogP contribution is 2.10. The predicted molar refractivity (Wildman–Crippen MR) is 87.1 cm³/mol. The highest BCUT2D eigenvalue weighted by atomic mass is 35.5. The van der Waals surface area contributed by atoms with Crippen LogP contribution in [0.2, 0.25) is 0 Å². The van der Waals surface area contributed by atoms with Gasteiger partial charge in [-0.2, -0.15) is 0 Å². The van der Waals surface area contributed by atoms with E-state index in [0.29, 0.717) is 19.6 Å². The Morgan fingerprint density at radius 2 is 2.24 bits per heavy atom. The van der Waals surface area contributed by atoms with Crippen LogP contribution in [-0.2, 0) is 16.0 Å². The van der Waals surface area contributed by atoms with Gasteiger partial charge in [-0.1, -0.05) is 23.8 Å². The third-order valence-corrected chi connectivity index (χ3v) is 3.64. The fourth-order valence-corrected chi connectivity index (χ4v) is 2.51. The number of amides is 1. The Hall–Kier alpha value is -1.10. The largest absolute Gasteiger partial charge is 0.378 e. The van der Waals surface area contributed by atoms with Crippen LogP contribution >= 0.6 is 12.4 Å². The van der Waals surface area contributed by atoms with Crippen LogP contribution < -0.4 is 10.6 Å². The summed E-state index contributed by atoms with van der Waals surface area (Å²) in [6.07, 6.45) is 1.37. The Labute approximate surface area is 133 Å². The van der Waals surface area contributed by atoms with Gasteiger partial charge in [-0.15, -0.1) is 12.4 Å². The van der Waals surface area contributed by atoms with Gasteiger partial charge in [-0.25, -0.2) is 0 Å². The van der Waals surface area contributed by atoms with E-state index in [1.165, 1.54) is 16.7 Å². The molecule has 1 saturated heterocycles. The first kappa shape index (κ1) is 18.0. The molecule has 0 saturated carbocycles. The maximum absolute atomic E-state index is 11.8. The zero-order chi connectivity index (χ0) is 14.4. The molecule has 0 spiro atoms. The summed E-state index contributed by atoms with van der Waals surface area (Å²) in [5.41, 5.74) is 3.87. The zero-order valence-corrected chi connectivity index (χ0v) is 13.6. The number of nitrogens with one attached hydrogen (secondary N) is 2. The molecule has 1 amide bonds. The van der Waals surface area contributed by atoms with Crippen LogP contribution in [0.3, 0.4) is 0 Å². The van der Waals surface area contributed by atoms with Crippen molar-refractivity contribution >= 4 is 18.3 Å². The fourth-order valence-electron chi connectivity index (χ4n) is 2.51. The molecule has 0 bridgehead atoms. The molecule has 0 radical (unpaired) electrons. The number of morpholine rings is 1. The van der Waals surface area contributed by atoms with Crippen LogP contribution in [0.4, 0.5) is 0 Å². The molecular formula is C16H25ClN2O2. The van der Waals surface area contributed by atoms with Crippen molar-refractivity contribution in [3.05, 3.63) is 34.9 Å². The third kappa shape index (κ3) is 6.04. The Morgan fingerprint density at radius 1 is 1.43 bits per heavy atom. The molecule has 0 aromatic heterocycles. The molecule has 21 heavy (non-hydrogen) atoms. The number of carbonyl (C=O) groups excluding carboxylic acids is 1. The molecule has 1 aromatic carbocycles. The average molecular weight is 313 g/mol. The smallest absolute Gasteiger partial charge is 0.221 e. The molecule has 4 nitrogen and oxygen atoms in total. The summed E-state index contributed by atoms with van der Waals surface area (Å²) in [5.74, 6) is 0.0952. The standard InChI is InChI=1S/C16H24N2O2.ClH/c1-12-3-4-14(13(2)9-12)5-6-18-16(19)10-15-11-20-8-7-17-15;/h3-4,9,15,17H,5-8,10-11H2,1-2H3,(H,18,19);1H. The number of benzene rings is 1. The van der Waals surface area contributed by atoms with Gasteiger partial charge in [0, 0.05) is 25.6 Å². The Morgan fingerprint density at radius 3 is 2.90 bits per heavy atom. The normalized spacial score (nSPS) is 17.9. The second kappa shape index (κ2) is 9.03. The van der Waals surface area contributed by atoms with Crippen molar-refractivity contribution in [3.63, 3.8) is 0 Å². The number of hydrogen-bond acceptors (Lipinski definition) is 3. The maximum atomic E-state index is 11.8. The topological polar surface area (TPSA) is 50.4 Å². The van der Waals surface area contributed by atoms with Crippen molar-refractivity contribution in [2.24, 2.45) is 0 Å². The lowest BCUT2D eigenvalue weighted by atomic mass is 10.0. The second-order valence-electron chi connectivity index (χ2n) is 5.46. The van der Waals surface area contributed by atoms with Gasteiger partial charge in [0.05, 0.1) is 13.2 Å². The van der Waals surface area contributed by atoms with E-state index < -0.39 is 0 Å². The highest BCUT2D eigenvalue weighted by molar-refractivity contribution is 5.85. The molecule has 1 aliphatic rings. The number of halogens is 1. The first-order valence-electron chi connectivity index (χ1n) is 7.29. The van der Waals surface area contributed by atoms with Crippen molar-refractivity contribution in [2.75, 3.05) is 26.3 Å². The third-order valence-electron chi connectivity index (χ3n) is 3.64. The molecule has 1 atom stereocenters. The SMILES string of the molecule is Cc1ccc(CCNC(=O)CC2COCCN2)c(C)c1.Cl. The van der Waals surface area contributed by atoms with E-state index in [9.17, 15) is 4.79 Å². The highest BCUT2D eigenvalue weighted by Gasteiger charge is 2.16. The van der Waals surface area contributed by atoms with E-state index in [-0.39, 0.29) is 24.4 Å². The van der Waals surface area contributed by atoms with Crippen LogP contribution in [-0.4, -0.2) is 38.3 Å². The van der Waals surface area contributed by atoms with E-state index in [2.05, 4.69) is 42.7 Å². The maximum Gasteiger partial charge on any atom is 0.221 e. The van der Waals surface area contributed by atoms with Crippen molar-refractivity contribution in [1.82, 2.24) is 10.6 Å². The van der Waals surface area contributed by atoms with Gasteiger partial charge >= 0.3 is 0 Å². The lowest BCUT2D eigenvalue weighted by molar-refractivity contribution is -0.122. The predicted octanol–water partition coefficient (Wildman–Crippen LogP) is 1.76. The molecular weight excluding hydrogens is 288 g/mol. The number of aryl methyl sites for hydroxylation is 2. The minimum Gasteiger partial charge on any atom is -0.378 e. The Bertz CT molecular complexity index is 460. The zero-order valence-electron chi connectivity index (χ0n) is 12.8. The van der Waals surface area contributed by atoms with Gasteiger partial charge in [0.25, 0.3) is 0 Å². The van der Waals surface area contributed by atoms with Gasteiger partial charge in [-0.05, 0) is 31.4 Å². The van der Waals surface area contributed by atoms with Crippen molar-refractivity contribution in [1.29, 1.82) is 0 Å². The minimum absolute atomic E-state index is 0. The minimum atomic E-state index is 0. The molecule has 2 N–H and O–H groups in total. The molecule has 5 heteroatoms. The summed E-state index contributed by atoms with van der Waals surface area (Å²) < 4.78 is 5.34. The quantitative estimate of drug-likeness (QED) is 0.871. The Balaban J connectivity index is 0.00000220. The fraction of sp³-hybridized carbons (Fsp3) is 0.562. The summed E-state index contributed by atoms with van der Waals surface area (Å²) in [6.45, 7) is 7.11. The number of ether oxygens (including phenoxy) is 1. The van der Waals surface area contributed by atoms with Crippen LogP contribution in [0.1, 0.15) is 23.1 Å². The van der Waals surface area contributed by atoms with E-state index in [1.54, 1.807) is 0 Å². The Kier molecular flexibility index (Phi) is 7.72. The number of hydrogen-bond donors (Lipinski definition) is 2. The van der Waals surface area contributed by atoms with Crippen molar-refractivity contribution in [3.8, 4) is 0 Å². The molecule has 1 aromatic rings. The van der Waals surface area contributed by atoms with Gasteiger partial charge < -0.3 is 15.4 Å². The van der Waals surface area contributed by atoms with E-state index in [4.69, 9.17) is 4.74 Å². The van der Waals surface area contributed by atoms with E-state index in [1.807, 2.05) is 0 Å². The van der Waals surface area contributed by atoms with Crippen molar-refractivity contribution in [2.45, 2.75) is 32.7 Å². The molecule has 1 fully saturated rings. The first-order chi connectivity index (χ1) is 9.65. The summed E-state index contributed by atoms with van der Waals surface area (Å²) in [5, 5.41) is 6.27. The molecule has 2 rings (SSSR count). The van der Waals surface area contributed by atoms with Gasteiger partial charge in [0.15, 0.2) is 0 Å². The van der Waals surface area contributed by atoms with E-state index >= 15 is 0 Å². The summed E-state index contributed by atoms with van der Waals surface area (Å²) >= 11 is 0. The van der Waals surface area contributed by atoms with Crippen LogP contribution in [0.15, 0.2) is 18.2 Å². The lowest BCUT2D eigenvalue weighted by Crippen LogP contribution is -2.44. The average Bonchev–Trinajstić information content (AvgIpc) is 2.42. The summed E-state index contributed by atoms with van der Waals surface area (Å²) in [7, 11) is 0. The second-order valence-corrected chi connectivity index (χ2v) is 5.46. The van der Waals surface area contributed by atoms with Crippen LogP contribution in [0.5, 0.6) is 0 Å². The van der Waals surface area contributed by atoms with Crippen LogP contribution in [0.25, 0.3) is 0 Å². The molecule has 1 unspecified atom stereocenters.